The van der Waals surface area contributed by atoms with Crippen LogP contribution in [0.3, 0.4) is 0 Å². The Bertz CT molecular complexity index is 1000. The Morgan fingerprint density at radius 2 is 2.11 bits per heavy atom. The maximum atomic E-state index is 12.7. The van der Waals surface area contributed by atoms with Gasteiger partial charge in [0.25, 0.3) is 5.89 Å². The summed E-state index contributed by atoms with van der Waals surface area (Å²) in [6, 6.07) is 6.54. The van der Waals surface area contributed by atoms with Crippen molar-refractivity contribution in [1.29, 1.82) is 0 Å². The first kappa shape index (κ1) is 17.5. The Morgan fingerprint density at radius 1 is 1.26 bits per heavy atom. The highest BCUT2D eigenvalue weighted by atomic mass is 35.5. The lowest BCUT2D eigenvalue weighted by Crippen LogP contribution is -2.20. The first-order valence-corrected chi connectivity index (χ1v) is 8.20. The highest BCUT2D eigenvalue weighted by Gasteiger charge is 2.30. The van der Waals surface area contributed by atoms with Crippen LogP contribution in [0.4, 0.5) is 18.9 Å². The second kappa shape index (κ2) is 6.70. The Hall–Kier alpha value is -2.87. The molecule has 2 aromatic heterocycles. The van der Waals surface area contributed by atoms with E-state index >= 15 is 0 Å². The number of alkyl halides is 3. The van der Waals surface area contributed by atoms with E-state index in [1.54, 1.807) is 36.7 Å². The number of anilines is 1. The molecule has 4 rings (SSSR count). The number of nitrogens with zero attached hydrogens (tertiary/aromatic N) is 4. The average Bonchev–Trinajstić information content (AvgIpc) is 3.14. The topological polar surface area (TPSA) is 55.1 Å². The maximum Gasteiger partial charge on any atom is 0.396 e. The molecule has 0 saturated heterocycles. The zero-order chi connectivity index (χ0) is 19.0. The molecular weight excluding hydrogens is 381 g/mol. The summed E-state index contributed by atoms with van der Waals surface area (Å²) in [4.78, 5) is 6.10. The van der Waals surface area contributed by atoms with Crippen molar-refractivity contribution in [3.8, 4) is 11.6 Å². The summed E-state index contributed by atoms with van der Waals surface area (Å²) in [5.41, 5.74) is 2.51. The number of benzene rings is 1. The molecule has 0 amide bonds. The van der Waals surface area contributed by atoms with E-state index in [1.165, 1.54) is 12.5 Å². The van der Waals surface area contributed by atoms with Gasteiger partial charge in [-0.15, -0.1) is 10.2 Å². The normalized spacial score (nSPS) is 13.7. The molecular formula is C18H11ClF3N4O. The minimum atomic E-state index is -4.37. The van der Waals surface area contributed by atoms with E-state index in [0.717, 1.165) is 5.56 Å². The Balaban J connectivity index is 1.62. The van der Waals surface area contributed by atoms with Crippen LogP contribution >= 0.6 is 11.6 Å². The van der Waals surface area contributed by atoms with E-state index in [9.17, 15) is 13.2 Å². The van der Waals surface area contributed by atoms with Gasteiger partial charge in [-0.25, -0.2) is 4.98 Å². The summed E-state index contributed by atoms with van der Waals surface area (Å²) >= 11 is 6.27. The van der Waals surface area contributed by atoms with Gasteiger partial charge >= 0.3 is 6.18 Å². The molecule has 0 bridgehead atoms. The zero-order valence-electron chi connectivity index (χ0n) is 13.6. The van der Waals surface area contributed by atoms with E-state index in [4.69, 9.17) is 16.0 Å². The quantitative estimate of drug-likeness (QED) is 0.636. The minimum absolute atomic E-state index is 0.138. The molecule has 27 heavy (non-hydrogen) atoms. The highest BCUT2D eigenvalue weighted by molar-refractivity contribution is 6.33. The smallest absolute Gasteiger partial charge is 0.396 e. The van der Waals surface area contributed by atoms with E-state index in [1.807, 2.05) is 4.90 Å². The summed E-state index contributed by atoms with van der Waals surface area (Å²) in [6.45, 7) is 0.392. The van der Waals surface area contributed by atoms with Crippen molar-refractivity contribution in [2.45, 2.75) is 12.7 Å². The van der Waals surface area contributed by atoms with Crippen LogP contribution in [0.15, 0.2) is 47.5 Å². The third-order valence-corrected chi connectivity index (χ3v) is 4.32. The fourth-order valence-corrected chi connectivity index (χ4v) is 3.11. The minimum Gasteiger partial charge on any atom is -0.422 e. The average molecular weight is 392 g/mol. The van der Waals surface area contributed by atoms with Crippen LogP contribution in [0.5, 0.6) is 0 Å². The van der Waals surface area contributed by atoms with Gasteiger partial charge in [-0.2, -0.15) is 13.2 Å². The van der Waals surface area contributed by atoms with Gasteiger partial charge in [-0.3, -0.25) is 0 Å². The van der Waals surface area contributed by atoms with Crippen LogP contribution in [0, 0.1) is 6.42 Å². The Labute approximate surface area is 157 Å². The fraction of sp³-hybridized carbons (Fsp3) is 0.111. The molecule has 3 heterocycles. The predicted molar refractivity (Wildman–Crippen MR) is 93.7 cm³/mol. The summed E-state index contributed by atoms with van der Waals surface area (Å²) in [7, 11) is 0. The molecule has 1 aliphatic heterocycles. The number of rotatable bonds is 3. The summed E-state index contributed by atoms with van der Waals surface area (Å²) in [5, 5.41) is 7.69. The zero-order valence-corrected chi connectivity index (χ0v) is 14.4. The monoisotopic (exact) mass is 391 g/mol. The number of fused-ring (bicyclic) bond motifs is 1. The molecule has 0 unspecified atom stereocenters. The standard InChI is InChI=1S/C18H11ClF3N4O/c19-15-6-13(8-23-16(15)17-25-24-10-27-17)26-5-4-14-11(7-18(20,21)22)2-1-3-12(14)9-26/h1-8,10H,9H2. The number of hydrogen-bond donors (Lipinski definition) is 0. The first-order valence-electron chi connectivity index (χ1n) is 7.82. The van der Waals surface area contributed by atoms with Gasteiger partial charge in [-0.1, -0.05) is 29.8 Å². The highest BCUT2D eigenvalue weighted by Crippen LogP contribution is 2.33. The van der Waals surface area contributed by atoms with Crippen molar-refractivity contribution in [3.05, 3.63) is 71.2 Å². The number of pyridine rings is 1. The molecule has 0 fully saturated rings. The lowest BCUT2D eigenvalue weighted by molar-refractivity contribution is -0.0928. The van der Waals surface area contributed by atoms with Crippen LogP contribution in [0.1, 0.15) is 16.7 Å². The molecule has 3 aromatic rings. The first-order chi connectivity index (χ1) is 12.9. The molecule has 5 nitrogen and oxygen atoms in total. The number of aromatic nitrogens is 3. The molecule has 9 heteroatoms. The molecule has 1 aliphatic rings. The molecule has 0 spiro atoms. The van der Waals surface area contributed by atoms with Gasteiger partial charge in [0.05, 0.1) is 23.3 Å². The summed E-state index contributed by atoms with van der Waals surface area (Å²) < 4.78 is 43.3. The van der Waals surface area contributed by atoms with Crippen molar-refractivity contribution in [1.82, 2.24) is 15.2 Å². The molecule has 1 aromatic carbocycles. The van der Waals surface area contributed by atoms with Crippen molar-refractivity contribution < 1.29 is 17.6 Å². The Kier molecular flexibility index (Phi) is 4.35. The maximum absolute atomic E-state index is 12.7. The second-order valence-electron chi connectivity index (χ2n) is 5.82. The third-order valence-electron chi connectivity index (χ3n) is 4.03. The van der Waals surface area contributed by atoms with E-state index < -0.39 is 6.18 Å². The van der Waals surface area contributed by atoms with E-state index in [-0.39, 0.29) is 11.5 Å². The van der Waals surface area contributed by atoms with Gasteiger partial charge < -0.3 is 9.32 Å². The molecule has 0 aliphatic carbocycles. The van der Waals surface area contributed by atoms with Crippen molar-refractivity contribution in [2.75, 3.05) is 4.90 Å². The van der Waals surface area contributed by atoms with Crippen LogP contribution in [-0.4, -0.2) is 21.4 Å². The van der Waals surface area contributed by atoms with Crippen molar-refractivity contribution >= 4 is 23.4 Å². The van der Waals surface area contributed by atoms with Gasteiger partial charge in [0.15, 0.2) is 0 Å². The molecule has 0 N–H and O–H groups in total. The fourth-order valence-electron chi connectivity index (χ4n) is 2.87. The third kappa shape index (κ3) is 3.66. The summed E-state index contributed by atoms with van der Waals surface area (Å²) in [5.74, 6) is 0.207. The van der Waals surface area contributed by atoms with E-state index in [2.05, 4.69) is 15.2 Å². The van der Waals surface area contributed by atoms with Gasteiger partial charge in [0.2, 0.25) is 6.39 Å². The van der Waals surface area contributed by atoms with Gasteiger partial charge in [0.1, 0.15) is 5.69 Å². The SMILES string of the molecule is FC(F)(F)[CH]c1cccc2c1C=CN(c1cnc(-c3nnco3)c(Cl)c1)C2. The number of hydrogen-bond acceptors (Lipinski definition) is 5. The van der Waals surface area contributed by atoms with Crippen LogP contribution in [-0.2, 0) is 6.54 Å². The number of halogens is 4. The van der Waals surface area contributed by atoms with Crippen LogP contribution in [0.2, 0.25) is 5.02 Å². The van der Waals surface area contributed by atoms with E-state index in [0.29, 0.717) is 34.9 Å². The lowest BCUT2D eigenvalue weighted by Gasteiger charge is -2.27. The Morgan fingerprint density at radius 3 is 2.81 bits per heavy atom. The molecule has 0 atom stereocenters. The van der Waals surface area contributed by atoms with Crippen LogP contribution < -0.4 is 4.90 Å². The van der Waals surface area contributed by atoms with Gasteiger partial charge in [-0.05, 0) is 28.8 Å². The van der Waals surface area contributed by atoms with Crippen molar-refractivity contribution in [2.24, 2.45) is 0 Å². The largest absolute Gasteiger partial charge is 0.422 e. The summed E-state index contributed by atoms with van der Waals surface area (Å²) in [6.07, 6.45) is 2.06. The van der Waals surface area contributed by atoms with Crippen molar-refractivity contribution in [3.63, 3.8) is 0 Å². The molecule has 0 saturated carbocycles. The molecule has 137 valence electrons. The second-order valence-corrected chi connectivity index (χ2v) is 6.22. The molecule has 1 radical (unpaired) electrons. The lowest BCUT2D eigenvalue weighted by atomic mass is 9.96. The predicted octanol–water partition coefficient (Wildman–Crippen LogP) is 4.89. The van der Waals surface area contributed by atoms with Crippen LogP contribution in [0.25, 0.3) is 17.7 Å². The van der Waals surface area contributed by atoms with Gasteiger partial charge in [0, 0.05) is 12.7 Å².